The number of benzene rings is 1. The number of para-hydroxylation sites is 1. The number of nitrogens with zero attached hydrogens (tertiary/aromatic N) is 3. The third kappa shape index (κ3) is 1.90. The normalized spacial score (nSPS) is 10.8. The number of carbonyl (C=O) groups is 1. The highest BCUT2D eigenvalue weighted by molar-refractivity contribution is 6.06. The van der Waals surface area contributed by atoms with Crippen LogP contribution in [0.1, 0.15) is 10.5 Å². The van der Waals surface area contributed by atoms with Gasteiger partial charge >= 0.3 is 0 Å². The number of hydrogen-bond acceptors (Lipinski definition) is 4. The second-order valence-electron chi connectivity index (χ2n) is 4.16. The number of fused-ring (bicyclic) bond motifs is 1. The van der Waals surface area contributed by atoms with Gasteiger partial charge < -0.3 is 10.7 Å². The Morgan fingerprint density at radius 1 is 1.47 bits per heavy atom. The number of carbonyl (C=O) groups excluding carboxylic acids is 1. The Hall–Kier alpha value is -2.83. The molecule has 96 valence electrons. The van der Waals surface area contributed by atoms with Gasteiger partial charge in [0.15, 0.2) is 0 Å². The summed E-state index contributed by atoms with van der Waals surface area (Å²) >= 11 is 0. The topological polar surface area (TPSA) is 102 Å². The summed E-state index contributed by atoms with van der Waals surface area (Å²) in [5.41, 5.74) is 7.63. The molecule has 7 nitrogen and oxygen atoms in total. The van der Waals surface area contributed by atoms with Gasteiger partial charge in [0.1, 0.15) is 12.0 Å². The summed E-state index contributed by atoms with van der Waals surface area (Å²) in [5.74, 6) is 0.100. The van der Waals surface area contributed by atoms with E-state index in [0.29, 0.717) is 17.3 Å². The Kier molecular flexibility index (Phi) is 2.45. The summed E-state index contributed by atoms with van der Waals surface area (Å²) in [6, 6.07) is 7.26. The van der Waals surface area contributed by atoms with Gasteiger partial charge in [-0.05, 0) is 12.1 Å². The highest BCUT2D eigenvalue weighted by atomic mass is 16.2. The van der Waals surface area contributed by atoms with Crippen LogP contribution in [0.5, 0.6) is 0 Å². The predicted molar refractivity (Wildman–Crippen MR) is 71.7 cm³/mol. The van der Waals surface area contributed by atoms with Gasteiger partial charge in [0.2, 0.25) is 5.95 Å². The molecule has 7 heteroatoms. The quantitative estimate of drug-likeness (QED) is 0.598. The van der Waals surface area contributed by atoms with E-state index in [1.165, 1.54) is 11.0 Å². The van der Waals surface area contributed by atoms with E-state index in [4.69, 9.17) is 5.73 Å². The number of aromatic nitrogens is 4. The number of rotatable bonds is 2. The lowest BCUT2D eigenvalue weighted by molar-refractivity contribution is 0.102. The van der Waals surface area contributed by atoms with Crippen molar-refractivity contribution in [3.05, 3.63) is 36.3 Å². The highest BCUT2D eigenvalue weighted by Crippen LogP contribution is 2.21. The van der Waals surface area contributed by atoms with E-state index in [9.17, 15) is 4.79 Å². The van der Waals surface area contributed by atoms with Crippen molar-refractivity contribution < 1.29 is 4.79 Å². The number of H-pyrrole nitrogens is 1. The van der Waals surface area contributed by atoms with Crippen LogP contribution < -0.4 is 11.1 Å². The van der Waals surface area contributed by atoms with Crippen molar-refractivity contribution in [2.24, 2.45) is 7.05 Å². The van der Waals surface area contributed by atoms with Crippen LogP contribution in [0.15, 0.2) is 30.6 Å². The number of nitrogen functional groups attached to an aromatic ring is 1. The molecule has 3 aromatic rings. The standard InChI is InChI=1S/C12H12N6O/c1-18-12(14-6-15-18)17-11(19)9-5-7-3-2-4-8(13)10(7)16-9/h2-6,16H,13H2,1H3,(H,14,15,17,19). The third-order valence-corrected chi connectivity index (χ3v) is 2.87. The van der Waals surface area contributed by atoms with E-state index < -0.39 is 0 Å². The Bertz CT molecular complexity index is 757. The highest BCUT2D eigenvalue weighted by Gasteiger charge is 2.12. The van der Waals surface area contributed by atoms with Crippen LogP contribution in [0.2, 0.25) is 0 Å². The van der Waals surface area contributed by atoms with Crippen molar-refractivity contribution in [3.8, 4) is 0 Å². The van der Waals surface area contributed by atoms with Crippen molar-refractivity contribution in [3.63, 3.8) is 0 Å². The van der Waals surface area contributed by atoms with Crippen molar-refractivity contribution in [2.45, 2.75) is 0 Å². The molecule has 2 heterocycles. The SMILES string of the molecule is Cn1ncnc1NC(=O)c1cc2cccc(N)c2[nH]1. The van der Waals surface area contributed by atoms with Gasteiger partial charge in [-0.25, -0.2) is 4.68 Å². The molecule has 1 amide bonds. The van der Waals surface area contributed by atoms with E-state index in [0.717, 1.165) is 10.9 Å². The molecule has 3 rings (SSSR count). The van der Waals surface area contributed by atoms with E-state index in [1.807, 2.05) is 12.1 Å². The summed E-state index contributed by atoms with van der Waals surface area (Å²) in [7, 11) is 1.70. The summed E-state index contributed by atoms with van der Waals surface area (Å²) in [6.45, 7) is 0. The molecule has 0 aliphatic heterocycles. The summed E-state index contributed by atoms with van der Waals surface area (Å²) < 4.78 is 1.48. The summed E-state index contributed by atoms with van der Waals surface area (Å²) in [6.07, 6.45) is 1.37. The van der Waals surface area contributed by atoms with Gasteiger partial charge in [0.05, 0.1) is 11.2 Å². The largest absolute Gasteiger partial charge is 0.397 e. The van der Waals surface area contributed by atoms with Crippen molar-refractivity contribution in [1.82, 2.24) is 19.7 Å². The molecule has 0 aliphatic rings. The Morgan fingerprint density at radius 3 is 3.00 bits per heavy atom. The van der Waals surface area contributed by atoms with Crippen LogP contribution in [-0.4, -0.2) is 25.7 Å². The lowest BCUT2D eigenvalue weighted by Crippen LogP contribution is -2.15. The first-order valence-corrected chi connectivity index (χ1v) is 5.67. The maximum absolute atomic E-state index is 12.1. The number of anilines is 2. The van der Waals surface area contributed by atoms with Crippen LogP contribution in [0, 0.1) is 0 Å². The van der Waals surface area contributed by atoms with E-state index in [2.05, 4.69) is 20.4 Å². The number of amides is 1. The average molecular weight is 256 g/mol. The van der Waals surface area contributed by atoms with Crippen LogP contribution in [-0.2, 0) is 7.05 Å². The number of nitrogens with two attached hydrogens (primary N) is 1. The van der Waals surface area contributed by atoms with Crippen LogP contribution in [0.25, 0.3) is 10.9 Å². The molecule has 0 spiro atoms. The summed E-state index contributed by atoms with van der Waals surface area (Å²) in [4.78, 5) is 19.0. The first-order valence-electron chi connectivity index (χ1n) is 5.67. The van der Waals surface area contributed by atoms with Crippen LogP contribution in [0.4, 0.5) is 11.6 Å². The molecule has 2 aromatic heterocycles. The number of nitrogens with one attached hydrogen (secondary N) is 2. The van der Waals surface area contributed by atoms with Crippen molar-refractivity contribution >= 4 is 28.4 Å². The Morgan fingerprint density at radius 2 is 2.32 bits per heavy atom. The first-order chi connectivity index (χ1) is 9.15. The zero-order valence-electron chi connectivity index (χ0n) is 10.2. The second-order valence-corrected chi connectivity index (χ2v) is 4.16. The zero-order valence-corrected chi connectivity index (χ0v) is 10.2. The van der Waals surface area contributed by atoms with Crippen LogP contribution in [0.3, 0.4) is 0 Å². The maximum atomic E-state index is 12.1. The molecular formula is C12H12N6O. The average Bonchev–Trinajstić information content (AvgIpc) is 2.97. The third-order valence-electron chi connectivity index (χ3n) is 2.87. The molecule has 0 unspecified atom stereocenters. The molecular weight excluding hydrogens is 244 g/mol. The minimum atomic E-state index is -0.285. The fourth-order valence-corrected chi connectivity index (χ4v) is 1.88. The van der Waals surface area contributed by atoms with Gasteiger partial charge in [-0.3, -0.25) is 10.1 Å². The maximum Gasteiger partial charge on any atom is 0.274 e. The van der Waals surface area contributed by atoms with Gasteiger partial charge in [0, 0.05) is 12.4 Å². The van der Waals surface area contributed by atoms with E-state index in [1.54, 1.807) is 19.2 Å². The molecule has 0 aliphatic carbocycles. The molecule has 1 aromatic carbocycles. The first kappa shape index (κ1) is 11.3. The van der Waals surface area contributed by atoms with Crippen molar-refractivity contribution in [2.75, 3.05) is 11.1 Å². The van der Waals surface area contributed by atoms with Gasteiger partial charge in [-0.1, -0.05) is 12.1 Å². The molecule has 19 heavy (non-hydrogen) atoms. The van der Waals surface area contributed by atoms with Crippen molar-refractivity contribution in [1.29, 1.82) is 0 Å². The van der Waals surface area contributed by atoms with E-state index >= 15 is 0 Å². The molecule has 0 saturated heterocycles. The number of aryl methyl sites for hydroxylation is 1. The zero-order chi connectivity index (χ0) is 13.4. The van der Waals surface area contributed by atoms with Gasteiger partial charge in [-0.15, -0.1) is 0 Å². The van der Waals surface area contributed by atoms with Gasteiger partial charge in [-0.2, -0.15) is 10.1 Å². The van der Waals surface area contributed by atoms with Gasteiger partial charge in [0.25, 0.3) is 5.91 Å². The molecule has 4 N–H and O–H groups in total. The smallest absolute Gasteiger partial charge is 0.274 e. The molecule has 0 radical (unpaired) electrons. The Labute approximate surface area is 108 Å². The summed E-state index contributed by atoms with van der Waals surface area (Å²) in [5, 5.41) is 7.44. The lowest BCUT2D eigenvalue weighted by atomic mass is 10.2. The molecule has 0 atom stereocenters. The predicted octanol–water partition coefficient (Wildman–Crippen LogP) is 1.13. The Balaban J connectivity index is 1.94. The fraction of sp³-hybridized carbons (Fsp3) is 0.0833. The minimum absolute atomic E-state index is 0.285. The number of hydrogen-bond donors (Lipinski definition) is 3. The second kappa shape index (κ2) is 4.13. The molecule has 0 fully saturated rings. The molecule has 0 bridgehead atoms. The van der Waals surface area contributed by atoms with E-state index in [-0.39, 0.29) is 5.91 Å². The lowest BCUT2D eigenvalue weighted by Gasteiger charge is -2.01. The monoisotopic (exact) mass is 256 g/mol. The number of aromatic amines is 1. The van der Waals surface area contributed by atoms with Crippen LogP contribution >= 0.6 is 0 Å². The fourth-order valence-electron chi connectivity index (χ4n) is 1.88. The minimum Gasteiger partial charge on any atom is -0.397 e. The molecule has 0 saturated carbocycles.